The molecule has 28 heteroatoms. The Labute approximate surface area is 645 Å². The summed E-state index contributed by atoms with van der Waals surface area (Å²) in [6.45, 7) is 5.78. The maximum absolute atomic E-state index is 12.6. The minimum atomic E-state index is -3.40. The molecular formula is C71H82Br6N6O12S4. The molecule has 0 radical (unpaired) electrons. The average molecular weight is 1820 g/mol. The van der Waals surface area contributed by atoms with Gasteiger partial charge in [0.05, 0.1) is 91.3 Å². The lowest BCUT2D eigenvalue weighted by atomic mass is 9.86. The molecule has 99 heavy (non-hydrogen) atoms. The second-order valence-corrected chi connectivity index (χ2v) is 34.8. The van der Waals surface area contributed by atoms with Crippen molar-refractivity contribution < 1.29 is 55.9 Å². The third-order valence-corrected chi connectivity index (χ3v) is 27.4. The van der Waals surface area contributed by atoms with Gasteiger partial charge in [0.25, 0.3) is 0 Å². The SMILES string of the molecule is BrCC1CCC2(CC1)OCCO2.N#Cc1cc(N)ccc1Br.N#Cc1cc(S(=O)(=O)CC2CCC3(CC2)OCCO3)ccc1Br.N#Cc1cc(SCC2CCC3(CC2)OCCO3)ccc1Br.NC(=O)c1cc(S)ccc1Br.NC(=O)c1cc(SCC2CCC3(CC2)OCCO3)ccc1Br. The first kappa shape index (κ1) is 81.5. The number of rotatable bonds is 12. The summed E-state index contributed by atoms with van der Waals surface area (Å²) in [4.78, 5) is 25.3. The number of nitrogens with zero attached hydrogens (tertiary/aromatic N) is 3. The number of nitriles is 3. The van der Waals surface area contributed by atoms with E-state index in [0.717, 1.165) is 175 Å². The molecule has 4 saturated carbocycles. The summed E-state index contributed by atoms with van der Waals surface area (Å²) in [5, 5.41) is 27.7. The zero-order valence-electron chi connectivity index (χ0n) is 54.7. The predicted molar refractivity (Wildman–Crippen MR) is 407 cm³/mol. The van der Waals surface area contributed by atoms with Crippen LogP contribution in [0.1, 0.15) is 140 Å². The molecule has 0 bridgehead atoms. The number of sulfone groups is 1. The molecule has 4 aliphatic heterocycles. The number of ether oxygens (including phenoxy) is 8. The molecule has 5 aromatic carbocycles. The number of primary amides is 2. The first-order valence-corrected chi connectivity index (χ1v) is 42.0. The number of thiol groups is 1. The van der Waals surface area contributed by atoms with Crippen LogP contribution in [0.4, 0.5) is 5.69 Å². The Kier molecular flexibility index (Phi) is 32.4. The first-order chi connectivity index (χ1) is 47.4. The molecular weight excluding hydrogens is 1740 g/mol. The average Bonchev–Trinajstić information content (AvgIpc) is 1.81. The van der Waals surface area contributed by atoms with Crippen LogP contribution in [0.5, 0.6) is 0 Å². The van der Waals surface area contributed by atoms with Crippen molar-refractivity contribution in [3.05, 3.63) is 141 Å². The Bertz CT molecular complexity index is 3760. The highest BCUT2D eigenvalue weighted by Crippen LogP contribution is 2.44. The van der Waals surface area contributed by atoms with Crippen molar-refractivity contribution in [1.82, 2.24) is 0 Å². The zero-order chi connectivity index (χ0) is 71.2. The first-order valence-electron chi connectivity index (χ1n) is 32.8. The third-order valence-electron chi connectivity index (χ3n) is 18.4. The fourth-order valence-corrected chi connectivity index (χ4v) is 19.4. The maximum atomic E-state index is 12.6. The molecule has 13 rings (SSSR count). The number of amides is 2. The third kappa shape index (κ3) is 24.5. The molecule has 0 atom stereocenters. The van der Waals surface area contributed by atoms with Crippen molar-refractivity contribution in [3.8, 4) is 18.2 Å². The quantitative estimate of drug-likeness (QED) is 0.0391. The van der Waals surface area contributed by atoms with Gasteiger partial charge in [0.2, 0.25) is 11.8 Å². The largest absolute Gasteiger partial charge is 0.399 e. The number of benzene rings is 5. The normalized spacial score (nSPS) is 21.5. The molecule has 18 nitrogen and oxygen atoms in total. The molecule has 4 heterocycles. The van der Waals surface area contributed by atoms with Crippen LogP contribution in [0.3, 0.4) is 0 Å². The number of carbonyl (C=O) groups is 2. The lowest BCUT2D eigenvalue weighted by Gasteiger charge is -2.35. The van der Waals surface area contributed by atoms with Crippen molar-refractivity contribution in [1.29, 1.82) is 15.8 Å². The minimum absolute atomic E-state index is 0.104. The van der Waals surface area contributed by atoms with Gasteiger partial charge < -0.3 is 55.1 Å². The molecule has 2 amide bonds. The van der Waals surface area contributed by atoms with Crippen molar-refractivity contribution >= 4 is 159 Å². The molecule has 4 saturated heterocycles. The molecule has 8 fully saturated rings. The minimum Gasteiger partial charge on any atom is -0.399 e. The van der Waals surface area contributed by atoms with E-state index >= 15 is 0 Å². The number of halogens is 6. The summed E-state index contributed by atoms with van der Waals surface area (Å²) in [6.07, 6.45) is 16.3. The van der Waals surface area contributed by atoms with Crippen molar-refractivity contribution in [2.75, 3.05) is 81.2 Å². The predicted octanol–water partition coefficient (Wildman–Crippen LogP) is 17.0. The highest BCUT2D eigenvalue weighted by atomic mass is 79.9. The van der Waals surface area contributed by atoms with E-state index in [1.165, 1.54) is 23.8 Å². The van der Waals surface area contributed by atoms with Gasteiger partial charge in [-0.25, -0.2) is 8.42 Å². The Morgan fingerprint density at radius 2 is 0.798 bits per heavy atom. The molecule has 8 aliphatic rings. The standard InChI is InChI=1S/C16H18BrNO4S.C16H20BrNO3S.C16H18BrNO2S.C9H15BrO2.C7H5BrN2.C7H6BrNOS/c17-15-2-1-14(9-13(15)10-18)23(19,20)11-12-3-5-16(6-4-12)21-7-8-22-16;17-14-2-1-12(9-13(14)15(18)19)22-10-11-3-5-16(6-4-11)20-7-8-21-16;17-15-2-1-14(9-13(15)10-18)21-11-12-3-5-16(6-4-12)19-7-8-20-16;10-7-8-1-3-9(4-2-8)11-5-6-12-9;8-7-2-1-6(10)3-5(7)4-9;8-6-2-1-4(11)3-5(6)7(9)10/h1-2,9,12H,3-8,11H2;1-2,9,11H,3-8,10H2,(H2,18,19);1-2,9,12H,3-8,11H2;8H,1-7H2;1-3H,10H2;1-3,11H,(H2,9,10). The van der Waals surface area contributed by atoms with Crippen LogP contribution >= 0.6 is 132 Å². The molecule has 0 aromatic heterocycles. The van der Waals surface area contributed by atoms with Crippen LogP contribution < -0.4 is 17.2 Å². The van der Waals surface area contributed by atoms with Gasteiger partial charge in [-0.05, 0) is 246 Å². The number of hydrogen-bond donors (Lipinski definition) is 4. The van der Waals surface area contributed by atoms with Crippen LogP contribution in [-0.4, -0.2) is 119 Å². The van der Waals surface area contributed by atoms with Gasteiger partial charge >= 0.3 is 0 Å². The Hall–Kier alpha value is -3.13. The molecule has 4 spiro atoms. The van der Waals surface area contributed by atoms with Gasteiger partial charge in [-0.2, -0.15) is 15.8 Å². The number of thioether (sulfide) groups is 2. The second-order valence-electron chi connectivity index (χ2n) is 25.2. The topological polar surface area (TPSA) is 292 Å². The van der Waals surface area contributed by atoms with E-state index in [9.17, 15) is 18.0 Å². The van der Waals surface area contributed by atoms with E-state index in [2.05, 4.69) is 120 Å². The van der Waals surface area contributed by atoms with Gasteiger partial charge in [0.1, 0.15) is 18.2 Å². The number of hydrogen-bond acceptors (Lipinski definition) is 19. The summed E-state index contributed by atoms with van der Waals surface area (Å²) < 4.78 is 74.6. The van der Waals surface area contributed by atoms with Crippen LogP contribution in [0, 0.1) is 57.7 Å². The smallest absolute Gasteiger partial charge is 0.249 e. The summed E-state index contributed by atoms with van der Waals surface area (Å²) in [6, 6.07) is 32.9. The summed E-state index contributed by atoms with van der Waals surface area (Å²) >= 11 is 27.6. The van der Waals surface area contributed by atoms with Gasteiger partial charge in [-0.3, -0.25) is 9.59 Å². The molecule has 0 unspecified atom stereocenters. The lowest BCUT2D eigenvalue weighted by molar-refractivity contribution is -0.181. The lowest BCUT2D eigenvalue weighted by Crippen LogP contribution is -2.36. The molecule has 534 valence electrons. The van der Waals surface area contributed by atoms with Crippen molar-refractivity contribution in [2.45, 2.75) is 145 Å². The Morgan fingerprint density at radius 3 is 1.18 bits per heavy atom. The summed E-state index contributed by atoms with van der Waals surface area (Å²) in [7, 11) is -3.40. The number of nitrogen functional groups attached to an aromatic ring is 1. The summed E-state index contributed by atoms with van der Waals surface area (Å²) in [5.74, 6) is 2.56. The zero-order valence-corrected chi connectivity index (χ0v) is 67.5. The van der Waals surface area contributed by atoms with Crippen LogP contribution in [-0.2, 0) is 47.7 Å². The molecule has 4 aliphatic carbocycles. The van der Waals surface area contributed by atoms with Gasteiger partial charge in [-0.1, -0.05) is 15.9 Å². The summed E-state index contributed by atoms with van der Waals surface area (Å²) in [5.41, 5.74) is 19.1. The highest BCUT2D eigenvalue weighted by Gasteiger charge is 2.44. The Balaban J connectivity index is 0.000000156. The van der Waals surface area contributed by atoms with Crippen molar-refractivity contribution in [2.24, 2.45) is 35.1 Å². The van der Waals surface area contributed by atoms with E-state index < -0.39 is 27.4 Å². The maximum Gasteiger partial charge on any atom is 0.249 e. The monoisotopic (exact) mass is 1810 g/mol. The van der Waals surface area contributed by atoms with Crippen LogP contribution in [0.25, 0.3) is 0 Å². The van der Waals surface area contributed by atoms with E-state index in [4.69, 9.17) is 70.9 Å². The second kappa shape index (κ2) is 39.3. The van der Waals surface area contributed by atoms with E-state index in [-0.39, 0.29) is 33.9 Å². The fourth-order valence-electron chi connectivity index (χ4n) is 12.7. The van der Waals surface area contributed by atoms with Crippen molar-refractivity contribution in [3.63, 3.8) is 0 Å². The number of alkyl halides is 1. The Morgan fingerprint density at radius 1 is 0.465 bits per heavy atom. The van der Waals surface area contributed by atoms with E-state index in [0.29, 0.717) is 67.5 Å². The molecule has 6 N–H and O–H groups in total. The highest BCUT2D eigenvalue weighted by molar-refractivity contribution is 9.11. The van der Waals surface area contributed by atoms with Gasteiger partial charge in [-0.15, -0.1) is 36.2 Å². The number of carbonyl (C=O) groups excluding carboxylic acids is 2. The number of nitrogens with two attached hydrogens (primary N) is 3. The van der Waals surface area contributed by atoms with E-state index in [1.54, 1.807) is 60.3 Å². The number of anilines is 1. The molecule has 5 aromatic rings. The van der Waals surface area contributed by atoms with Crippen LogP contribution in [0.15, 0.2) is 133 Å². The fraction of sp³-hybridized carbons (Fsp3) is 0.507. The van der Waals surface area contributed by atoms with Gasteiger partial charge in [0.15, 0.2) is 33.0 Å². The van der Waals surface area contributed by atoms with Gasteiger partial charge in [0, 0.05) is 111 Å². The van der Waals surface area contributed by atoms with Crippen LogP contribution in [0.2, 0.25) is 0 Å². The van der Waals surface area contributed by atoms with E-state index in [1.807, 2.05) is 54.2 Å².